The summed E-state index contributed by atoms with van der Waals surface area (Å²) in [4.78, 5) is 28.3. The van der Waals surface area contributed by atoms with Gasteiger partial charge in [-0.25, -0.2) is 8.42 Å². The smallest absolute Gasteiger partial charge is 0.242 e. The average Bonchev–Trinajstić information content (AvgIpc) is 2.89. The van der Waals surface area contributed by atoms with E-state index >= 15 is 0 Å². The molecule has 2 amide bonds. The van der Waals surface area contributed by atoms with Crippen molar-refractivity contribution in [1.82, 2.24) is 10.2 Å². The number of hydrogen-bond donors (Lipinski definition) is 1. The number of benzene rings is 3. The maximum Gasteiger partial charge on any atom is 0.242 e. The van der Waals surface area contributed by atoms with Gasteiger partial charge in [-0.05, 0) is 42.7 Å². The maximum absolute atomic E-state index is 13.6. The summed E-state index contributed by atoms with van der Waals surface area (Å²) in [5.41, 5.74) is 3.38. The van der Waals surface area contributed by atoms with E-state index in [2.05, 4.69) is 5.32 Å². The SMILES string of the molecule is CNC(=O)[C@@H](Cc1ccccc1)N(Cc1ccc(C)cc1)C(=O)CCCN(c1cccc(Cl)c1)S(C)(=O)=O. The van der Waals surface area contributed by atoms with E-state index in [0.717, 1.165) is 22.9 Å². The van der Waals surface area contributed by atoms with Gasteiger partial charge in [0.05, 0.1) is 11.9 Å². The third-order valence-corrected chi connectivity index (χ3v) is 7.67. The maximum atomic E-state index is 13.6. The fourth-order valence-electron chi connectivity index (χ4n) is 4.25. The Hall–Kier alpha value is -3.36. The van der Waals surface area contributed by atoms with Crippen molar-refractivity contribution >= 4 is 39.1 Å². The standard InChI is InChI=1S/C29H34ClN3O4S/c1-22-14-16-24(17-15-22)21-32(27(29(35)31-2)19-23-9-5-4-6-10-23)28(34)13-8-18-33(38(3,36)37)26-12-7-11-25(30)20-26/h4-7,9-12,14-17,20,27H,8,13,18-19,21H2,1-3H3,(H,31,35)/t27-/m1/s1. The monoisotopic (exact) mass is 555 g/mol. The number of carbonyl (C=O) groups excluding carboxylic acids is 2. The molecule has 3 aromatic rings. The van der Waals surface area contributed by atoms with Crippen molar-refractivity contribution in [3.63, 3.8) is 0 Å². The molecule has 0 saturated heterocycles. The molecule has 0 bridgehead atoms. The third-order valence-electron chi connectivity index (χ3n) is 6.24. The summed E-state index contributed by atoms with van der Waals surface area (Å²) in [6.07, 6.45) is 1.83. The molecular formula is C29H34ClN3O4S. The highest BCUT2D eigenvalue weighted by molar-refractivity contribution is 7.92. The van der Waals surface area contributed by atoms with E-state index < -0.39 is 16.1 Å². The predicted octanol–water partition coefficient (Wildman–Crippen LogP) is 4.58. The van der Waals surface area contributed by atoms with Crippen LogP contribution in [0.5, 0.6) is 0 Å². The van der Waals surface area contributed by atoms with Gasteiger partial charge in [0.1, 0.15) is 6.04 Å². The van der Waals surface area contributed by atoms with E-state index in [4.69, 9.17) is 11.6 Å². The Morgan fingerprint density at radius 2 is 1.63 bits per heavy atom. The zero-order valence-corrected chi connectivity index (χ0v) is 23.5. The van der Waals surface area contributed by atoms with Gasteiger partial charge in [0.15, 0.2) is 0 Å². The second-order valence-corrected chi connectivity index (χ2v) is 11.6. The van der Waals surface area contributed by atoms with Gasteiger partial charge in [-0.2, -0.15) is 0 Å². The Labute approximate surface area is 230 Å². The Bertz CT molecular complexity index is 1330. The van der Waals surface area contributed by atoms with Crippen LogP contribution in [0.25, 0.3) is 0 Å². The average molecular weight is 556 g/mol. The van der Waals surface area contributed by atoms with E-state index in [1.54, 1.807) is 36.2 Å². The minimum Gasteiger partial charge on any atom is -0.357 e. The molecule has 0 aliphatic carbocycles. The fraction of sp³-hybridized carbons (Fsp3) is 0.310. The fourth-order valence-corrected chi connectivity index (χ4v) is 5.39. The normalized spacial score (nSPS) is 12.0. The van der Waals surface area contributed by atoms with E-state index in [1.165, 1.54) is 4.31 Å². The summed E-state index contributed by atoms with van der Waals surface area (Å²) in [5, 5.41) is 3.13. The summed E-state index contributed by atoms with van der Waals surface area (Å²) >= 11 is 6.08. The molecule has 0 aromatic heterocycles. The van der Waals surface area contributed by atoms with Crippen LogP contribution in [-0.2, 0) is 32.6 Å². The lowest BCUT2D eigenvalue weighted by Crippen LogP contribution is -2.49. The number of nitrogens with zero attached hydrogens (tertiary/aromatic N) is 2. The Balaban J connectivity index is 1.84. The molecule has 3 aromatic carbocycles. The molecule has 7 nitrogen and oxygen atoms in total. The molecule has 0 radical (unpaired) electrons. The highest BCUT2D eigenvalue weighted by Crippen LogP contribution is 2.23. The number of hydrogen-bond acceptors (Lipinski definition) is 4. The summed E-state index contributed by atoms with van der Waals surface area (Å²) in [6, 6.07) is 23.3. The van der Waals surface area contributed by atoms with Gasteiger partial charge < -0.3 is 10.2 Å². The van der Waals surface area contributed by atoms with Crippen LogP contribution in [0.15, 0.2) is 78.9 Å². The number of aryl methyl sites for hydroxylation is 1. The van der Waals surface area contributed by atoms with Crippen molar-refractivity contribution in [2.45, 2.75) is 38.8 Å². The van der Waals surface area contributed by atoms with Gasteiger partial charge in [-0.15, -0.1) is 0 Å². The van der Waals surface area contributed by atoms with E-state index in [1.807, 2.05) is 61.5 Å². The van der Waals surface area contributed by atoms with Gasteiger partial charge in [-0.1, -0.05) is 77.8 Å². The van der Waals surface area contributed by atoms with E-state index in [9.17, 15) is 18.0 Å². The van der Waals surface area contributed by atoms with Gasteiger partial charge in [0, 0.05) is 38.0 Å². The van der Waals surface area contributed by atoms with Crippen molar-refractivity contribution in [2.75, 3.05) is 24.2 Å². The first kappa shape index (κ1) is 29.2. The van der Waals surface area contributed by atoms with Crippen LogP contribution in [0, 0.1) is 6.92 Å². The second kappa shape index (κ2) is 13.4. The molecule has 0 aliphatic heterocycles. The van der Waals surface area contributed by atoms with Crippen LogP contribution in [0.2, 0.25) is 5.02 Å². The van der Waals surface area contributed by atoms with Crippen molar-refractivity contribution in [2.24, 2.45) is 0 Å². The Morgan fingerprint density at radius 3 is 2.24 bits per heavy atom. The zero-order valence-electron chi connectivity index (χ0n) is 21.9. The highest BCUT2D eigenvalue weighted by atomic mass is 35.5. The van der Waals surface area contributed by atoms with E-state index in [0.29, 0.717) is 17.1 Å². The van der Waals surface area contributed by atoms with Crippen LogP contribution in [-0.4, -0.2) is 51.0 Å². The molecule has 9 heteroatoms. The zero-order chi connectivity index (χ0) is 27.7. The summed E-state index contributed by atoms with van der Waals surface area (Å²) in [5.74, 6) is -0.486. The molecule has 0 saturated carbocycles. The summed E-state index contributed by atoms with van der Waals surface area (Å²) in [7, 11) is -2.03. The number of carbonyl (C=O) groups is 2. The highest BCUT2D eigenvalue weighted by Gasteiger charge is 2.30. The third kappa shape index (κ3) is 8.33. The first-order valence-electron chi connectivity index (χ1n) is 12.4. The lowest BCUT2D eigenvalue weighted by Gasteiger charge is -2.31. The molecule has 38 heavy (non-hydrogen) atoms. The summed E-state index contributed by atoms with van der Waals surface area (Å²) < 4.78 is 26.2. The number of halogens is 1. The number of anilines is 1. The molecule has 1 N–H and O–H groups in total. The van der Waals surface area contributed by atoms with E-state index in [-0.39, 0.29) is 37.7 Å². The molecule has 0 spiro atoms. The number of sulfonamides is 1. The lowest BCUT2D eigenvalue weighted by molar-refractivity contribution is -0.141. The van der Waals surface area contributed by atoms with Gasteiger partial charge in [0.25, 0.3) is 0 Å². The molecule has 1 atom stereocenters. The number of likely N-dealkylation sites (N-methyl/N-ethyl adjacent to an activating group) is 1. The number of nitrogens with one attached hydrogen (secondary N) is 1. The van der Waals surface area contributed by atoms with Crippen LogP contribution < -0.4 is 9.62 Å². The number of amides is 2. The molecule has 0 heterocycles. The minimum absolute atomic E-state index is 0.0702. The van der Waals surface area contributed by atoms with Crippen LogP contribution in [0.1, 0.15) is 29.5 Å². The molecular weight excluding hydrogens is 522 g/mol. The van der Waals surface area contributed by atoms with Gasteiger partial charge in [0.2, 0.25) is 21.8 Å². The predicted molar refractivity (Wildman–Crippen MR) is 153 cm³/mol. The van der Waals surface area contributed by atoms with Crippen LogP contribution >= 0.6 is 11.6 Å². The molecule has 202 valence electrons. The van der Waals surface area contributed by atoms with Crippen LogP contribution in [0.4, 0.5) is 5.69 Å². The van der Waals surface area contributed by atoms with Crippen molar-refractivity contribution < 1.29 is 18.0 Å². The summed E-state index contributed by atoms with van der Waals surface area (Å²) in [6.45, 7) is 2.35. The molecule has 3 rings (SSSR count). The van der Waals surface area contributed by atoms with Crippen LogP contribution in [0.3, 0.4) is 0 Å². The largest absolute Gasteiger partial charge is 0.357 e. The lowest BCUT2D eigenvalue weighted by atomic mass is 10.0. The van der Waals surface area contributed by atoms with Crippen molar-refractivity contribution in [3.05, 3.63) is 101 Å². The quantitative estimate of drug-likeness (QED) is 0.354. The van der Waals surface area contributed by atoms with Gasteiger partial charge >= 0.3 is 0 Å². The van der Waals surface area contributed by atoms with Crippen molar-refractivity contribution in [1.29, 1.82) is 0 Å². The molecule has 0 aliphatic rings. The molecule has 0 fully saturated rings. The van der Waals surface area contributed by atoms with Crippen molar-refractivity contribution in [3.8, 4) is 0 Å². The second-order valence-electron chi connectivity index (χ2n) is 9.25. The van der Waals surface area contributed by atoms with Gasteiger partial charge in [-0.3, -0.25) is 13.9 Å². The first-order chi connectivity index (χ1) is 18.1. The Kier molecular flexibility index (Phi) is 10.3. The molecule has 0 unspecified atom stereocenters. The Morgan fingerprint density at radius 1 is 0.947 bits per heavy atom. The topological polar surface area (TPSA) is 86.8 Å². The number of rotatable bonds is 12. The minimum atomic E-state index is -3.59. The first-order valence-corrected chi connectivity index (χ1v) is 14.6.